The van der Waals surface area contributed by atoms with Crippen molar-refractivity contribution >= 4 is 0 Å². The van der Waals surface area contributed by atoms with Crippen LogP contribution in [0.1, 0.15) is 18.2 Å². The fourth-order valence-electron chi connectivity index (χ4n) is 1.86. The van der Waals surface area contributed by atoms with Crippen molar-refractivity contribution in [1.29, 1.82) is 0 Å². The van der Waals surface area contributed by atoms with Crippen LogP contribution in [-0.4, -0.2) is 22.0 Å². The van der Waals surface area contributed by atoms with E-state index >= 15 is 0 Å². The van der Waals surface area contributed by atoms with E-state index in [9.17, 15) is 5.11 Å². The molecule has 0 bridgehead atoms. The summed E-state index contributed by atoms with van der Waals surface area (Å²) in [5.41, 5.74) is 2.89. The van der Waals surface area contributed by atoms with Crippen LogP contribution < -0.4 is 4.74 Å². The average molecular weight is 232 g/mol. The van der Waals surface area contributed by atoms with Crippen molar-refractivity contribution < 1.29 is 9.84 Å². The molecule has 0 fully saturated rings. The highest BCUT2D eigenvalue weighted by atomic mass is 16.5. The molecule has 90 valence electrons. The smallest absolute Gasteiger partial charge is 0.119 e. The number of nitrogens with zero attached hydrogens (tertiary/aromatic N) is 2. The highest BCUT2D eigenvalue weighted by Crippen LogP contribution is 2.18. The van der Waals surface area contributed by atoms with E-state index in [1.54, 1.807) is 13.3 Å². The van der Waals surface area contributed by atoms with Crippen LogP contribution in [0.3, 0.4) is 0 Å². The van der Waals surface area contributed by atoms with Crippen molar-refractivity contribution in [1.82, 2.24) is 9.78 Å². The van der Waals surface area contributed by atoms with Crippen molar-refractivity contribution in [3.05, 3.63) is 41.7 Å². The van der Waals surface area contributed by atoms with Gasteiger partial charge in [-0.25, -0.2) is 4.68 Å². The van der Waals surface area contributed by atoms with Gasteiger partial charge in [0.1, 0.15) is 5.75 Å². The number of aliphatic hydroxyl groups is 1. The quantitative estimate of drug-likeness (QED) is 0.876. The fraction of sp³-hybridized carbons (Fsp3) is 0.308. The maximum Gasteiger partial charge on any atom is 0.119 e. The lowest BCUT2D eigenvalue weighted by molar-refractivity contribution is 0.280. The summed E-state index contributed by atoms with van der Waals surface area (Å²) < 4.78 is 6.97. The maximum absolute atomic E-state index is 9.22. The Bertz CT molecular complexity index is 489. The van der Waals surface area contributed by atoms with Gasteiger partial charge in [-0.05, 0) is 30.7 Å². The lowest BCUT2D eigenvalue weighted by Gasteiger charge is -2.08. The van der Waals surface area contributed by atoms with Crippen molar-refractivity contribution in [2.75, 3.05) is 7.11 Å². The van der Waals surface area contributed by atoms with Gasteiger partial charge >= 0.3 is 0 Å². The number of methoxy groups -OCH3 is 1. The number of rotatable bonds is 4. The van der Waals surface area contributed by atoms with Gasteiger partial charge in [-0.2, -0.15) is 5.10 Å². The molecule has 0 saturated heterocycles. The molecule has 2 aromatic rings. The summed E-state index contributed by atoms with van der Waals surface area (Å²) in [6.07, 6.45) is 2.55. The molecule has 0 aliphatic heterocycles. The van der Waals surface area contributed by atoms with Crippen molar-refractivity contribution in [2.45, 2.75) is 20.0 Å². The largest absolute Gasteiger partial charge is 0.497 e. The zero-order valence-corrected chi connectivity index (χ0v) is 10.1. The van der Waals surface area contributed by atoms with Gasteiger partial charge in [-0.1, -0.05) is 6.92 Å². The van der Waals surface area contributed by atoms with E-state index in [0.29, 0.717) is 0 Å². The summed E-state index contributed by atoms with van der Waals surface area (Å²) in [6, 6.07) is 7.70. The highest BCUT2D eigenvalue weighted by molar-refractivity contribution is 5.39. The zero-order chi connectivity index (χ0) is 12.3. The van der Waals surface area contributed by atoms with Crippen LogP contribution in [-0.2, 0) is 13.0 Å². The van der Waals surface area contributed by atoms with Crippen LogP contribution >= 0.6 is 0 Å². The summed E-state index contributed by atoms with van der Waals surface area (Å²) in [5.74, 6) is 0.821. The number of benzene rings is 1. The van der Waals surface area contributed by atoms with Gasteiger partial charge in [-0.3, -0.25) is 0 Å². The number of hydrogen-bond donors (Lipinski definition) is 1. The van der Waals surface area contributed by atoms with E-state index in [4.69, 9.17) is 4.74 Å². The molecule has 4 heteroatoms. The molecule has 0 spiro atoms. The van der Waals surface area contributed by atoms with Crippen LogP contribution in [0.5, 0.6) is 5.75 Å². The Kier molecular flexibility index (Phi) is 3.44. The molecular weight excluding hydrogens is 216 g/mol. The van der Waals surface area contributed by atoms with Gasteiger partial charge in [-0.15, -0.1) is 0 Å². The van der Waals surface area contributed by atoms with Crippen LogP contribution in [0.15, 0.2) is 30.5 Å². The molecule has 0 radical (unpaired) electrons. The summed E-state index contributed by atoms with van der Waals surface area (Å²) in [6.45, 7) is 2.08. The van der Waals surface area contributed by atoms with E-state index in [0.717, 1.165) is 29.1 Å². The van der Waals surface area contributed by atoms with E-state index in [-0.39, 0.29) is 6.61 Å². The number of aliphatic hydroxyl groups excluding tert-OH is 1. The van der Waals surface area contributed by atoms with Crippen molar-refractivity contribution in [3.8, 4) is 11.4 Å². The third-order valence-corrected chi connectivity index (χ3v) is 2.78. The predicted molar refractivity (Wildman–Crippen MR) is 65.4 cm³/mol. The van der Waals surface area contributed by atoms with E-state index in [2.05, 4.69) is 12.0 Å². The molecule has 2 rings (SSSR count). The molecule has 1 aromatic heterocycles. The second-order valence-electron chi connectivity index (χ2n) is 3.74. The molecule has 0 amide bonds. The first-order chi connectivity index (χ1) is 8.30. The third-order valence-electron chi connectivity index (χ3n) is 2.78. The van der Waals surface area contributed by atoms with Gasteiger partial charge in [0.2, 0.25) is 0 Å². The first-order valence-corrected chi connectivity index (χ1v) is 5.61. The third kappa shape index (κ3) is 2.17. The number of hydrogen-bond acceptors (Lipinski definition) is 3. The number of ether oxygens (including phenoxy) is 1. The Labute approximate surface area is 100 Å². The minimum absolute atomic E-state index is 0.0271. The highest BCUT2D eigenvalue weighted by Gasteiger charge is 2.09. The fourth-order valence-corrected chi connectivity index (χ4v) is 1.86. The summed E-state index contributed by atoms with van der Waals surface area (Å²) in [7, 11) is 1.64. The van der Waals surface area contributed by atoms with E-state index in [1.807, 2.05) is 28.9 Å². The Morgan fingerprint density at radius 1 is 1.29 bits per heavy atom. The predicted octanol–water partition coefficient (Wildman–Crippen LogP) is 1.94. The van der Waals surface area contributed by atoms with Crippen LogP contribution in [0, 0.1) is 0 Å². The lowest BCUT2D eigenvalue weighted by Crippen LogP contribution is -2.02. The Balaban J connectivity index is 2.41. The zero-order valence-electron chi connectivity index (χ0n) is 10.1. The van der Waals surface area contributed by atoms with Crippen LogP contribution in [0.2, 0.25) is 0 Å². The van der Waals surface area contributed by atoms with Gasteiger partial charge < -0.3 is 9.84 Å². The normalized spacial score (nSPS) is 10.5. The van der Waals surface area contributed by atoms with Gasteiger partial charge in [0.05, 0.1) is 25.6 Å². The standard InChI is InChI=1S/C13H16N2O2/c1-3-13-10(9-16)8-14-15(13)11-4-6-12(17-2)7-5-11/h4-8,16H,3,9H2,1-2H3. The summed E-state index contributed by atoms with van der Waals surface area (Å²) >= 11 is 0. The van der Waals surface area contributed by atoms with E-state index in [1.165, 1.54) is 0 Å². The Morgan fingerprint density at radius 2 is 2.00 bits per heavy atom. The Morgan fingerprint density at radius 3 is 2.53 bits per heavy atom. The van der Waals surface area contributed by atoms with Gasteiger partial charge in [0, 0.05) is 11.3 Å². The molecule has 4 nitrogen and oxygen atoms in total. The molecule has 0 aliphatic carbocycles. The Hall–Kier alpha value is -1.81. The van der Waals surface area contributed by atoms with Crippen LogP contribution in [0.25, 0.3) is 5.69 Å². The van der Waals surface area contributed by atoms with Gasteiger partial charge in [0.15, 0.2) is 0 Å². The first kappa shape index (κ1) is 11.7. The number of aromatic nitrogens is 2. The topological polar surface area (TPSA) is 47.3 Å². The van der Waals surface area contributed by atoms with Crippen molar-refractivity contribution in [2.24, 2.45) is 0 Å². The minimum Gasteiger partial charge on any atom is -0.497 e. The minimum atomic E-state index is 0.0271. The molecular formula is C13H16N2O2. The molecule has 0 aliphatic rings. The van der Waals surface area contributed by atoms with Gasteiger partial charge in [0.25, 0.3) is 0 Å². The molecule has 1 heterocycles. The summed E-state index contributed by atoms with van der Waals surface area (Å²) in [5, 5.41) is 13.5. The first-order valence-electron chi connectivity index (χ1n) is 5.61. The SMILES string of the molecule is CCc1c(CO)cnn1-c1ccc(OC)cc1. The van der Waals surface area contributed by atoms with E-state index < -0.39 is 0 Å². The molecule has 0 unspecified atom stereocenters. The second kappa shape index (κ2) is 5.01. The molecule has 1 N–H and O–H groups in total. The average Bonchev–Trinajstić information content (AvgIpc) is 2.81. The molecule has 17 heavy (non-hydrogen) atoms. The molecule has 0 atom stereocenters. The second-order valence-corrected chi connectivity index (χ2v) is 3.74. The monoisotopic (exact) mass is 232 g/mol. The molecule has 0 saturated carbocycles. The van der Waals surface area contributed by atoms with Crippen LogP contribution in [0.4, 0.5) is 0 Å². The summed E-state index contributed by atoms with van der Waals surface area (Å²) in [4.78, 5) is 0. The molecule has 1 aromatic carbocycles. The lowest BCUT2D eigenvalue weighted by atomic mass is 10.2. The van der Waals surface area contributed by atoms with Crippen molar-refractivity contribution in [3.63, 3.8) is 0 Å². The maximum atomic E-state index is 9.22.